The lowest BCUT2D eigenvalue weighted by molar-refractivity contribution is -0.151. The number of fused-ring (bicyclic) bond motifs is 2. The number of carboxylic acid groups (broad SMARTS) is 1. The highest BCUT2D eigenvalue weighted by Crippen LogP contribution is 2.43. The third kappa shape index (κ3) is 7.57. The SMILES string of the molecule is CC1(COC(=O)CCC(=O)O)CCN(C(=O)CCCCCNC(=O)C2CC3C=CC2C3)CC1. The quantitative estimate of drug-likeness (QED) is 0.262. The molecule has 3 atom stereocenters. The molecule has 2 aliphatic carbocycles. The van der Waals surface area contributed by atoms with Crippen LogP contribution < -0.4 is 5.32 Å². The van der Waals surface area contributed by atoms with Crippen LogP contribution in [0.1, 0.15) is 71.1 Å². The standard InChI is InChI=1S/C25H38N2O6/c1-25(17-33-23(31)9-8-22(29)30)10-13-27(14-11-25)21(28)5-3-2-4-12-26-24(32)20-16-18-6-7-19(20)15-18/h6-7,18-20H,2-5,8-17H2,1H3,(H,26,32)(H,29,30). The van der Waals surface area contributed by atoms with Crippen molar-refractivity contribution in [1.29, 1.82) is 0 Å². The monoisotopic (exact) mass is 462 g/mol. The lowest BCUT2D eigenvalue weighted by Crippen LogP contribution is -2.44. The van der Waals surface area contributed by atoms with Crippen LogP contribution in [0.3, 0.4) is 0 Å². The summed E-state index contributed by atoms with van der Waals surface area (Å²) in [5.74, 6) is 0.0368. The van der Waals surface area contributed by atoms with Gasteiger partial charge in [-0.3, -0.25) is 19.2 Å². The summed E-state index contributed by atoms with van der Waals surface area (Å²) in [7, 11) is 0. The van der Waals surface area contributed by atoms with Crippen LogP contribution in [-0.2, 0) is 23.9 Å². The third-order valence-corrected chi connectivity index (χ3v) is 7.43. The first-order chi connectivity index (χ1) is 15.8. The van der Waals surface area contributed by atoms with Gasteiger partial charge in [0.2, 0.25) is 11.8 Å². The second-order valence-corrected chi connectivity index (χ2v) is 10.2. The van der Waals surface area contributed by atoms with E-state index in [1.54, 1.807) is 0 Å². The van der Waals surface area contributed by atoms with Gasteiger partial charge in [-0.2, -0.15) is 0 Å². The van der Waals surface area contributed by atoms with E-state index in [1.165, 1.54) is 0 Å². The van der Waals surface area contributed by atoms with Crippen molar-refractivity contribution >= 4 is 23.8 Å². The first-order valence-corrected chi connectivity index (χ1v) is 12.4. The van der Waals surface area contributed by atoms with E-state index in [9.17, 15) is 19.2 Å². The van der Waals surface area contributed by atoms with Crippen LogP contribution in [0.5, 0.6) is 0 Å². The summed E-state index contributed by atoms with van der Waals surface area (Å²) in [5, 5.41) is 11.7. The summed E-state index contributed by atoms with van der Waals surface area (Å²) in [4.78, 5) is 48.9. The smallest absolute Gasteiger partial charge is 0.306 e. The van der Waals surface area contributed by atoms with Gasteiger partial charge < -0.3 is 20.1 Å². The number of piperidine rings is 1. The molecule has 0 aromatic rings. The second kappa shape index (κ2) is 11.7. The first kappa shape index (κ1) is 25.2. The minimum absolute atomic E-state index is 0.112. The second-order valence-electron chi connectivity index (χ2n) is 10.2. The van der Waals surface area contributed by atoms with Gasteiger partial charge in [-0.05, 0) is 50.4 Å². The van der Waals surface area contributed by atoms with Crippen LogP contribution in [0.25, 0.3) is 0 Å². The number of nitrogens with one attached hydrogen (secondary N) is 1. The molecule has 2 N–H and O–H groups in total. The molecular formula is C25H38N2O6. The van der Waals surface area contributed by atoms with E-state index in [0.29, 0.717) is 37.9 Å². The lowest BCUT2D eigenvalue weighted by atomic mass is 9.81. The zero-order chi connectivity index (χ0) is 23.8. The summed E-state index contributed by atoms with van der Waals surface area (Å²) in [6, 6.07) is 0. The number of esters is 1. The molecule has 33 heavy (non-hydrogen) atoms. The fourth-order valence-electron chi connectivity index (χ4n) is 5.14. The molecule has 2 amide bonds. The molecule has 2 fully saturated rings. The number of allylic oxidation sites excluding steroid dienone is 2. The highest BCUT2D eigenvalue weighted by Gasteiger charge is 2.39. The number of nitrogens with zero attached hydrogens (tertiary/aromatic N) is 1. The number of unbranched alkanes of at least 4 members (excludes halogenated alkanes) is 2. The summed E-state index contributed by atoms with van der Waals surface area (Å²) < 4.78 is 5.26. The van der Waals surface area contributed by atoms with E-state index in [1.807, 2.05) is 11.8 Å². The predicted molar refractivity (Wildman–Crippen MR) is 122 cm³/mol. The van der Waals surface area contributed by atoms with Crippen LogP contribution in [-0.4, -0.2) is 60.0 Å². The van der Waals surface area contributed by atoms with E-state index in [2.05, 4.69) is 17.5 Å². The van der Waals surface area contributed by atoms with E-state index in [0.717, 1.165) is 44.9 Å². The van der Waals surface area contributed by atoms with Crippen molar-refractivity contribution < 1.29 is 29.0 Å². The molecule has 1 saturated heterocycles. The molecule has 1 heterocycles. The number of carbonyl (C=O) groups excluding carboxylic acids is 3. The van der Waals surface area contributed by atoms with Crippen molar-refractivity contribution in [3.8, 4) is 0 Å². The minimum atomic E-state index is -1.01. The maximum atomic E-state index is 12.5. The largest absolute Gasteiger partial charge is 0.481 e. The average molecular weight is 463 g/mol. The number of carbonyl (C=O) groups is 4. The fourth-order valence-corrected chi connectivity index (χ4v) is 5.14. The maximum absolute atomic E-state index is 12.5. The molecule has 0 aromatic heterocycles. The van der Waals surface area contributed by atoms with Crippen LogP contribution in [0.2, 0.25) is 0 Å². The van der Waals surface area contributed by atoms with Crippen LogP contribution in [0, 0.1) is 23.2 Å². The molecule has 0 spiro atoms. The number of aliphatic carboxylic acids is 1. The Morgan fingerprint density at radius 3 is 2.42 bits per heavy atom. The predicted octanol–water partition coefficient (Wildman–Crippen LogP) is 2.91. The van der Waals surface area contributed by atoms with Crippen molar-refractivity contribution in [3.63, 3.8) is 0 Å². The van der Waals surface area contributed by atoms with Gasteiger partial charge in [-0.25, -0.2) is 0 Å². The zero-order valence-corrected chi connectivity index (χ0v) is 19.7. The Hall–Kier alpha value is -2.38. The summed E-state index contributed by atoms with van der Waals surface area (Å²) >= 11 is 0. The van der Waals surface area contributed by atoms with Crippen molar-refractivity contribution in [1.82, 2.24) is 10.2 Å². The zero-order valence-electron chi connectivity index (χ0n) is 19.7. The topological polar surface area (TPSA) is 113 Å². The van der Waals surface area contributed by atoms with Gasteiger partial charge in [-0.15, -0.1) is 0 Å². The first-order valence-electron chi connectivity index (χ1n) is 12.4. The van der Waals surface area contributed by atoms with Gasteiger partial charge in [0, 0.05) is 37.4 Å². The van der Waals surface area contributed by atoms with E-state index < -0.39 is 11.9 Å². The molecule has 8 nitrogen and oxygen atoms in total. The van der Waals surface area contributed by atoms with E-state index >= 15 is 0 Å². The van der Waals surface area contributed by atoms with Crippen LogP contribution in [0.15, 0.2) is 12.2 Å². The number of amides is 2. The Bertz CT molecular complexity index is 756. The van der Waals surface area contributed by atoms with Crippen molar-refractivity contribution in [2.45, 2.75) is 71.1 Å². The summed E-state index contributed by atoms with van der Waals surface area (Å²) in [5.41, 5.74) is -0.178. The Kier molecular flexibility index (Phi) is 8.92. The van der Waals surface area contributed by atoms with Crippen LogP contribution >= 0.6 is 0 Å². The van der Waals surface area contributed by atoms with Crippen molar-refractivity contribution in [2.75, 3.05) is 26.2 Å². The number of hydrogen-bond acceptors (Lipinski definition) is 5. The Balaban J connectivity index is 1.22. The molecule has 0 radical (unpaired) electrons. The normalized spacial score (nSPS) is 25.1. The van der Waals surface area contributed by atoms with Gasteiger partial charge in [0.15, 0.2) is 0 Å². The molecule has 3 aliphatic rings. The summed E-state index contributed by atoms with van der Waals surface area (Å²) in [6.07, 6.45) is 10.9. The van der Waals surface area contributed by atoms with Gasteiger partial charge >= 0.3 is 11.9 Å². The van der Waals surface area contributed by atoms with E-state index in [-0.39, 0.29) is 42.6 Å². The Morgan fingerprint density at radius 1 is 1.03 bits per heavy atom. The Labute approximate surface area is 196 Å². The van der Waals surface area contributed by atoms with Gasteiger partial charge in [0.05, 0.1) is 19.4 Å². The fraction of sp³-hybridized carbons (Fsp3) is 0.760. The lowest BCUT2D eigenvalue weighted by Gasteiger charge is -2.39. The molecule has 0 aromatic carbocycles. The van der Waals surface area contributed by atoms with Gasteiger partial charge in [0.25, 0.3) is 0 Å². The number of likely N-dealkylation sites (tertiary alicyclic amines) is 1. The van der Waals surface area contributed by atoms with Crippen molar-refractivity contribution in [3.05, 3.63) is 12.2 Å². The maximum Gasteiger partial charge on any atom is 0.306 e. The molecular weight excluding hydrogens is 424 g/mol. The molecule has 184 valence electrons. The number of hydrogen-bond donors (Lipinski definition) is 2. The molecule has 1 saturated carbocycles. The van der Waals surface area contributed by atoms with Crippen molar-refractivity contribution in [2.24, 2.45) is 23.2 Å². The van der Waals surface area contributed by atoms with Gasteiger partial charge in [0.1, 0.15) is 0 Å². The van der Waals surface area contributed by atoms with Gasteiger partial charge in [-0.1, -0.05) is 25.5 Å². The number of ether oxygens (including phenoxy) is 1. The molecule has 3 unspecified atom stereocenters. The highest BCUT2D eigenvalue weighted by molar-refractivity contribution is 5.80. The molecule has 1 aliphatic heterocycles. The molecule has 8 heteroatoms. The number of carboxylic acids is 1. The highest BCUT2D eigenvalue weighted by atomic mass is 16.5. The number of rotatable bonds is 12. The van der Waals surface area contributed by atoms with Crippen LogP contribution in [0.4, 0.5) is 0 Å². The average Bonchev–Trinajstić information content (AvgIpc) is 3.43. The van der Waals surface area contributed by atoms with E-state index in [4.69, 9.17) is 9.84 Å². The third-order valence-electron chi connectivity index (χ3n) is 7.43. The Morgan fingerprint density at radius 2 is 1.79 bits per heavy atom. The molecule has 2 bridgehead atoms. The summed E-state index contributed by atoms with van der Waals surface area (Å²) in [6.45, 7) is 4.28. The molecule has 3 rings (SSSR count). The minimum Gasteiger partial charge on any atom is -0.481 e.